The third-order valence-electron chi connectivity index (χ3n) is 4.16. The van der Waals surface area contributed by atoms with E-state index in [1.54, 1.807) is 0 Å². The summed E-state index contributed by atoms with van der Waals surface area (Å²) in [5.74, 6) is 2.04. The number of fused-ring (bicyclic) bond motifs is 2. The summed E-state index contributed by atoms with van der Waals surface area (Å²) in [6.07, 6.45) is 8.75. The van der Waals surface area contributed by atoms with E-state index in [-0.39, 0.29) is 0 Å². The van der Waals surface area contributed by atoms with Crippen molar-refractivity contribution in [2.75, 3.05) is 0 Å². The zero-order chi connectivity index (χ0) is 9.26. The summed E-state index contributed by atoms with van der Waals surface area (Å²) in [4.78, 5) is 0. The molecule has 0 amide bonds. The Hall–Kier alpha value is -0.0400. The third kappa shape index (κ3) is 1.90. The second kappa shape index (κ2) is 4.00. The molecule has 13 heavy (non-hydrogen) atoms. The van der Waals surface area contributed by atoms with E-state index in [0.717, 1.165) is 23.9 Å². The predicted molar refractivity (Wildman–Crippen MR) is 56.7 cm³/mol. The first-order valence-electron chi connectivity index (χ1n) is 6.07. The molecule has 0 aromatic heterocycles. The van der Waals surface area contributed by atoms with Crippen LogP contribution in [0.3, 0.4) is 0 Å². The molecule has 1 nitrogen and oxygen atoms in total. The SMILES string of the molecule is CCC(C)NC1C2CCCC1CC2. The van der Waals surface area contributed by atoms with Crippen LogP contribution in [0, 0.1) is 11.8 Å². The largest absolute Gasteiger partial charge is 0.311 e. The van der Waals surface area contributed by atoms with E-state index >= 15 is 0 Å². The Morgan fingerprint density at radius 1 is 1.15 bits per heavy atom. The standard InChI is InChI=1S/C12H23N/c1-3-9(2)13-12-10-5-4-6-11(12)8-7-10/h9-13H,3-8H2,1-2H3. The van der Waals surface area contributed by atoms with E-state index in [1.165, 1.54) is 38.5 Å². The maximum absolute atomic E-state index is 3.83. The van der Waals surface area contributed by atoms with Crippen LogP contribution >= 0.6 is 0 Å². The first-order valence-corrected chi connectivity index (χ1v) is 6.07. The quantitative estimate of drug-likeness (QED) is 0.706. The van der Waals surface area contributed by atoms with Crippen LogP contribution in [-0.4, -0.2) is 12.1 Å². The lowest BCUT2D eigenvalue weighted by atomic mass is 9.84. The molecule has 3 unspecified atom stereocenters. The van der Waals surface area contributed by atoms with Crippen LogP contribution in [0.4, 0.5) is 0 Å². The molecule has 0 aromatic rings. The molecule has 2 aliphatic carbocycles. The highest BCUT2D eigenvalue weighted by Crippen LogP contribution is 2.42. The molecule has 2 aliphatic rings. The molecule has 2 saturated carbocycles. The van der Waals surface area contributed by atoms with Gasteiger partial charge in [0.05, 0.1) is 0 Å². The Bertz CT molecular complexity index is 151. The lowest BCUT2D eigenvalue weighted by Gasteiger charge is -2.33. The molecule has 3 atom stereocenters. The first kappa shape index (κ1) is 9.51. The van der Waals surface area contributed by atoms with Crippen LogP contribution in [0.15, 0.2) is 0 Å². The van der Waals surface area contributed by atoms with Crippen molar-refractivity contribution >= 4 is 0 Å². The molecule has 0 saturated heterocycles. The molecule has 76 valence electrons. The van der Waals surface area contributed by atoms with Gasteiger partial charge < -0.3 is 5.32 Å². The van der Waals surface area contributed by atoms with E-state index in [9.17, 15) is 0 Å². The number of hydrogen-bond donors (Lipinski definition) is 1. The van der Waals surface area contributed by atoms with Crippen LogP contribution in [0.25, 0.3) is 0 Å². The van der Waals surface area contributed by atoms with Gasteiger partial charge in [0.25, 0.3) is 0 Å². The fraction of sp³-hybridized carbons (Fsp3) is 1.00. The van der Waals surface area contributed by atoms with Crippen molar-refractivity contribution < 1.29 is 0 Å². The maximum Gasteiger partial charge on any atom is 0.0126 e. The average molecular weight is 181 g/mol. The topological polar surface area (TPSA) is 12.0 Å². The van der Waals surface area contributed by atoms with Gasteiger partial charge in [0, 0.05) is 12.1 Å². The van der Waals surface area contributed by atoms with Crippen LogP contribution in [0.1, 0.15) is 52.4 Å². The summed E-state index contributed by atoms with van der Waals surface area (Å²) in [5.41, 5.74) is 0. The molecule has 1 N–H and O–H groups in total. The summed E-state index contributed by atoms with van der Waals surface area (Å²) in [5, 5.41) is 3.83. The van der Waals surface area contributed by atoms with Crippen molar-refractivity contribution in [3.63, 3.8) is 0 Å². The van der Waals surface area contributed by atoms with Crippen molar-refractivity contribution in [2.45, 2.75) is 64.5 Å². The highest BCUT2D eigenvalue weighted by atomic mass is 15.0. The fourth-order valence-electron chi connectivity index (χ4n) is 3.18. The van der Waals surface area contributed by atoms with Crippen molar-refractivity contribution in [2.24, 2.45) is 11.8 Å². The Morgan fingerprint density at radius 3 is 2.31 bits per heavy atom. The van der Waals surface area contributed by atoms with E-state index < -0.39 is 0 Å². The van der Waals surface area contributed by atoms with Gasteiger partial charge in [-0.25, -0.2) is 0 Å². The number of hydrogen-bond acceptors (Lipinski definition) is 1. The van der Waals surface area contributed by atoms with Crippen molar-refractivity contribution in [3.05, 3.63) is 0 Å². The third-order valence-corrected chi connectivity index (χ3v) is 4.16. The molecule has 0 heterocycles. The zero-order valence-electron chi connectivity index (χ0n) is 9.05. The van der Waals surface area contributed by atoms with Crippen molar-refractivity contribution in [1.82, 2.24) is 5.32 Å². The van der Waals surface area contributed by atoms with Gasteiger partial charge in [0.15, 0.2) is 0 Å². The van der Waals surface area contributed by atoms with E-state index in [1.807, 2.05) is 0 Å². The van der Waals surface area contributed by atoms with Crippen LogP contribution in [0.2, 0.25) is 0 Å². The monoisotopic (exact) mass is 181 g/mol. The first-order chi connectivity index (χ1) is 6.31. The Morgan fingerprint density at radius 2 is 1.77 bits per heavy atom. The molecule has 0 spiro atoms. The van der Waals surface area contributed by atoms with E-state index in [2.05, 4.69) is 19.2 Å². The summed E-state index contributed by atoms with van der Waals surface area (Å²) in [6, 6.07) is 1.61. The normalized spacial score (nSPS) is 40.6. The zero-order valence-corrected chi connectivity index (χ0v) is 9.05. The van der Waals surface area contributed by atoms with Gasteiger partial charge in [-0.2, -0.15) is 0 Å². The predicted octanol–water partition coefficient (Wildman–Crippen LogP) is 2.95. The van der Waals surface area contributed by atoms with Gasteiger partial charge in [0.1, 0.15) is 0 Å². The summed E-state index contributed by atoms with van der Waals surface area (Å²) < 4.78 is 0. The average Bonchev–Trinajstić information content (AvgIpc) is 2.41. The summed E-state index contributed by atoms with van der Waals surface area (Å²) in [6.45, 7) is 4.61. The molecule has 0 aromatic carbocycles. The minimum atomic E-state index is 0.728. The maximum atomic E-state index is 3.83. The highest BCUT2D eigenvalue weighted by molar-refractivity contribution is 4.94. The number of nitrogens with one attached hydrogen (secondary N) is 1. The van der Waals surface area contributed by atoms with Crippen LogP contribution in [-0.2, 0) is 0 Å². The smallest absolute Gasteiger partial charge is 0.0126 e. The Balaban J connectivity index is 1.91. The second-order valence-electron chi connectivity index (χ2n) is 5.03. The van der Waals surface area contributed by atoms with E-state index in [4.69, 9.17) is 0 Å². The molecule has 0 aliphatic heterocycles. The lowest BCUT2D eigenvalue weighted by Crippen LogP contribution is -2.44. The summed E-state index contributed by atoms with van der Waals surface area (Å²) in [7, 11) is 0. The molecular weight excluding hydrogens is 158 g/mol. The highest BCUT2D eigenvalue weighted by Gasteiger charge is 2.38. The van der Waals surface area contributed by atoms with Gasteiger partial charge in [-0.05, 0) is 50.9 Å². The molecule has 2 rings (SSSR count). The molecular formula is C12H23N. The molecule has 2 bridgehead atoms. The van der Waals surface area contributed by atoms with Gasteiger partial charge in [-0.1, -0.05) is 13.3 Å². The summed E-state index contributed by atoms with van der Waals surface area (Å²) >= 11 is 0. The lowest BCUT2D eigenvalue weighted by molar-refractivity contribution is 0.237. The Labute approximate surface area is 82.3 Å². The van der Waals surface area contributed by atoms with Crippen molar-refractivity contribution in [3.8, 4) is 0 Å². The minimum Gasteiger partial charge on any atom is -0.311 e. The van der Waals surface area contributed by atoms with Gasteiger partial charge in [0.2, 0.25) is 0 Å². The molecule has 2 fully saturated rings. The van der Waals surface area contributed by atoms with Gasteiger partial charge in [-0.3, -0.25) is 0 Å². The minimum absolute atomic E-state index is 0.728. The second-order valence-corrected chi connectivity index (χ2v) is 5.03. The van der Waals surface area contributed by atoms with Crippen molar-refractivity contribution in [1.29, 1.82) is 0 Å². The fourth-order valence-corrected chi connectivity index (χ4v) is 3.18. The number of rotatable bonds is 3. The molecule has 0 radical (unpaired) electrons. The Kier molecular flexibility index (Phi) is 2.92. The molecule has 1 heteroatoms. The van der Waals surface area contributed by atoms with Crippen LogP contribution < -0.4 is 5.32 Å². The van der Waals surface area contributed by atoms with Crippen LogP contribution in [0.5, 0.6) is 0 Å². The van der Waals surface area contributed by atoms with Gasteiger partial charge >= 0.3 is 0 Å². The van der Waals surface area contributed by atoms with E-state index in [0.29, 0.717) is 0 Å². The van der Waals surface area contributed by atoms with Gasteiger partial charge in [-0.15, -0.1) is 0 Å².